The van der Waals surface area contributed by atoms with Crippen LogP contribution in [-0.4, -0.2) is 59.9 Å². The van der Waals surface area contributed by atoms with Crippen molar-refractivity contribution >= 4 is 6.03 Å². The van der Waals surface area contributed by atoms with Gasteiger partial charge in [-0.3, -0.25) is 10.2 Å². The van der Waals surface area contributed by atoms with Crippen LogP contribution in [0.15, 0.2) is 24.3 Å². The van der Waals surface area contributed by atoms with Crippen LogP contribution in [0.3, 0.4) is 0 Å². The molecule has 2 N–H and O–H groups in total. The minimum atomic E-state index is -0.184. The molecular weight excluding hydrogens is 409 g/mol. The van der Waals surface area contributed by atoms with E-state index in [9.17, 15) is 9.18 Å². The lowest BCUT2D eigenvalue weighted by molar-refractivity contribution is -0.214. The van der Waals surface area contributed by atoms with E-state index in [0.717, 1.165) is 45.3 Å². The van der Waals surface area contributed by atoms with Crippen LogP contribution in [0.25, 0.3) is 0 Å². The summed E-state index contributed by atoms with van der Waals surface area (Å²) in [6, 6.07) is 8.13. The molecule has 2 amide bonds. The maximum Gasteiger partial charge on any atom is 0.317 e. The van der Waals surface area contributed by atoms with Crippen LogP contribution in [0.4, 0.5) is 9.18 Å². The van der Waals surface area contributed by atoms with Crippen molar-refractivity contribution in [2.75, 3.05) is 26.7 Å². The lowest BCUT2D eigenvalue weighted by Gasteiger charge is -2.62. The molecule has 0 saturated carbocycles. The standard InChI is InChI=1S/C22H34FN3O.C2H6.CH4O2/c1-5-19(6-2)24-21(27)25-13-11-22(12-14-25)15-26(16(3)4)20(22)17-7-9-18(23)10-8-17;1-2;1-3-2/h7-10,16,19-20H,5-6,11-15H2,1-4H3,(H,24,27);1-2H3;2H,1H3. The maximum atomic E-state index is 13.4. The number of nitrogens with one attached hydrogen (secondary N) is 1. The number of piperidine rings is 1. The van der Waals surface area contributed by atoms with Crippen LogP contribution in [0.5, 0.6) is 0 Å². The summed E-state index contributed by atoms with van der Waals surface area (Å²) in [6.07, 6.45) is 3.95. The average Bonchev–Trinajstić information content (AvgIpc) is 2.79. The number of halogens is 1. The summed E-state index contributed by atoms with van der Waals surface area (Å²) >= 11 is 0. The highest BCUT2D eigenvalue weighted by atomic mass is 19.1. The summed E-state index contributed by atoms with van der Waals surface area (Å²) in [5.41, 5.74) is 1.40. The van der Waals surface area contributed by atoms with Crippen molar-refractivity contribution < 1.29 is 19.3 Å². The molecule has 2 saturated heterocycles. The molecule has 1 spiro atoms. The quantitative estimate of drug-likeness (QED) is 0.443. The average molecular weight is 454 g/mol. The zero-order valence-electron chi connectivity index (χ0n) is 21.0. The van der Waals surface area contributed by atoms with Crippen molar-refractivity contribution in [1.82, 2.24) is 15.1 Å². The van der Waals surface area contributed by atoms with Crippen LogP contribution >= 0.6 is 0 Å². The third-order valence-corrected chi connectivity index (χ3v) is 6.62. The van der Waals surface area contributed by atoms with E-state index in [2.05, 4.69) is 42.8 Å². The van der Waals surface area contributed by atoms with Crippen molar-refractivity contribution in [2.45, 2.75) is 85.4 Å². The number of hydrogen-bond acceptors (Lipinski definition) is 4. The van der Waals surface area contributed by atoms with E-state index in [4.69, 9.17) is 5.26 Å². The first-order valence-corrected chi connectivity index (χ1v) is 12.1. The van der Waals surface area contributed by atoms with Crippen molar-refractivity contribution in [3.8, 4) is 0 Å². The number of nitrogens with zero attached hydrogens (tertiary/aromatic N) is 2. The van der Waals surface area contributed by atoms with Gasteiger partial charge >= 0.3 is 6.03 Å². The molecule has 1 aromatic rings. The lowest BCUT2D eigenvalue weighted by Crippen LogP contribution is -2.64. The Balaban J connectivity index is 0.000000944. The second kappa shape index (κ2) is 13.8. The third-order valence-electron chi connectivity index (χ3n) is 6.62. The Kier molecular flexibility index (Phi) is 12.2. The Hall–Kier alpha value is -1.70. The van der Waals surface area contributed by atoms with Gasteiger partial charge in [-0.1, -0.05) is 39.8 Å². The fourth-order valence-electron chi connectivity index (χ4n) is 4.80. The van der Waals surface area contributed by atoms with Crippen molar-refractivity contribution in [3.63, 3.8) is 0 Å². The minimum Gasteiger partial charge on any atom is -0.335 e. The number of urea groups is 1. The molecule has 0 aliphatic carbocycles. The highest BCUT2D eigenvalue weighted by molar-refractivity contribution is 5.74. The molecular formula is C25H44FN3O3. The second-order valence-corrected chi connectivity index (χ2v) is 8.72. The molecule has 1 atom stereocenters. The summed E-state index contributed by atoms with van der Waals surface area (Å²) in [5.74, 6) is -0.184. The van der Waals surface area contributed by atoms with Crippen LogP contribution in [0, 0.1) is 11.2 Å². The number of carbonyl (C=O) groups is 1. The van der Waals surface area contributed by atoms with Gasteiger partial charge in [0.25, 0.3) is 0 Å². The van der Waals surface area contributed by atoms with Crippen molar-refractivity contribution in [2.24, 2.45) is 5.41 Å². The molecule has 2 aliphatic rings. The van der Waals surface area contributed by atoms with Gasteiger partial charge in [-0.15, -0.1) is 0 Å². The van der Waals surface area contributed by atoms with Gasteiger partial charge in [0.1, 0.15) is 5.82 Å². The molecule has 2 fully saturated rings. The predicted octanol–water partition coefficient (Wildman–Crippen LogP) is 5.70. The fraction of sp³-hybridized carbons (Fsp3) is 0.720. The molecule has 0 radical (unpaired) electrons. The highest BCUT2D eigenvalue weighted by Gasteiger charge is 2.54. The number of likely N-dealkylation sites (tertiary alicyclic amines) is 2. The van der Waals surface area contributed by atoms with Gasteiger partial charge < -0.3 is 10.2 Å². The van der Waals surface area contributed by atoms with Crippen LogP contribution in [0.1, 0.15) is 78.8 Å². The van der Waals surface area contributed by atoms with Gasteiger partial charge in [-0.2, -0.15) is 0 Å². The maximum absolute atomic E-state index is 13.4. The van der Waals surface area contributed by atoms with E-state index in [1.807, 2.05) is 30.9 Å². The van der Waals surface area contributed by atoms with Gasteiger partial charge in [0.15, 0.2) is 0 Å². The fourth-order valence-corrected chi connectivity index (χ4v) is 4.80. The Labute approximate surface area is 194 Å². The smallest absolute Gasteiger partial charge is 0.317 e. The molecule has 1 unspecified atom stereocenters. The Morgan fingerprint density at radius 1 is 1.19 bits per heavy atom. The first-order chi connectivity index (χ1) is 15.3. The first-order valence-electron chi connectivity index (χ1n) is 12.1. The van der Waals surface area contributed by atoms with E-state index >= 15 is 0 Å². The normalized spacial score (nSPS) is 19.6. The molecule has 0 aromatic heterocycles. The van der Waals surface area contributed by atoms with Crippen molar-refractivity contribution in [3.05, 3.63) is 35.6 Å². The second-order valence-electron chi connectivity index (χ2n) is 8.72. The number of benzene rings is 1. The van der Waals surface area contributed by atoms with Crippen LogP contribution in [0.2, 0.25) is 0 Å². The van der Waals surface area contributed by atoms with Gasteiger partial charge in [-0.25, -0.2) is 14.1 Å². The first kappa shape index (κ1) is 28.3. The Morgan fingerprint density at radius 3 is 2.12 bits per heavy atom. The molecule has 6 nitrogen and oxygen atoms in total. The summed E-state index contributed by atoms with van der Waals surface area (Å²) in [4.78, 5) is 20.3. The molecule has 1 aromatic carbocycles. The number of rotatable bonds is 5. The monoisotopic (exact) mass is 453 g/mol. The van der Waals surface area contributed by atoms with Crippen LogP contribution in [-0.2, 0) is 4.89 Å². The van der Waals surface area contributed by atoms with Crippen LogP contribution < -0.4 is 5.32 Å². The number of carbonyl (C=O) groups excluding carboxylic acids is 1. The van der Waals surface area contributed by atoms with E-state index in [1.54, 1.807) is 12.1 Å². The summed E-state index contributed by atoms with van der Waals surface area (Å²) in [5, 5.41) is 10.2. The Morgan fingerprint density at radius 2 is 1.69 bits per heavy atom. The van der Waals surface area contributed by atoms with E-state index in [0.29, 0.717) is 12.1 Å². The van der Waals surface area contributed by atoms with E-state index in [-0.39, 0.29) is 23.3 Å². The molecule has 32 heavy (non-hydrogen) atoms. The van der Waals surface area contributed by atoms with E-state index in [1.165, 1.54) is 12.7 Å². The predicted molar refractivity (Wildman–Crippen MR) is 128 cm³/mol. The third kappa shape index (κ3) is 6.90. The topological polar surface area (TPSA) is 65.0 Å². The van der Waals surface area contributed by atoms with Gasteiger partial charge in [0.2, 0.25) is 0 Å². The molecule has 184 valence electrons. The Bertz CT molecular complexity index is 657. The highest BCUT2D eigenvalue weighted by Crippen LogP contribution is 2.55. The van der Waals surface area contributed by atoms with Gasteiger partial charge in [-0.05, 0) is 57.2 Å². The van der Waals surface area contributed by atoms with Gasteiger partial charge in [0, 0.05) is 43.2 Å². The summed E-state index contributed by atoms with van der Waals surface area (Å²) in [6.45, 7) is 15.3. The molecule has 2 heterocycles. The minimum absolute atomic E-state index is 0.0805. The molecule has 3 rings (SSSR count). The number of amides is 2. The SMILES string of the molecule is CC.CCC(CC)NC(=O)N1CCC2(CC1)CN(C(C)C)C2c1ccc(F)cc1.COO. The van der Waals surface area contributed by atoms with E-state index < -0.39 is 0 Å². The molecule has 2 aliphatic heterocycles. The van der Waals surface area contributed by atoms with Gasteiger partial charge in [0.05, 0.1) is 7.11 Å². The number of hydrogen-bond donors (Lipinski definition) is 2. The lowest BCUT2D eigenvalue weighted by atomic mass is 9.62. The largest absolute Gasteiger partial charge is 0.335 e. The summed E-state index contributed by atoms with van der Waals surface area (Å²) in [7, 11) is 1.18. The molecule has 7 heteroatoms. The van der Waals surface area contributed by atoms with Crippen molar-refractivity contribution in [1.29, 1.82) is 0 Å². The zero-order chi connectivity index (χ0) is 24.3. The summed E-state index contributed by atoms with van der Waals surface area (Å²) < 4.78 is 13.4. The zero-order valence-corrected chi connectivity index (χ0v) is 21.0. The molecule has 0 bridgehead atoms.